The third-order valence-corrected chi connectivity index (χ3v) is 6.99. The minimum Gasteiger partial charge on any atom is -0.488 e. The SMILES string of the molecule is CC1(C)CC(=O)C2=C(C1)OC(N)=C(C#N)C2c1cc(Br)ccc1OCc1c(Cl)cccc1Cl. The zero-order chi connectivity index (χ0) is 23.9. The average Bonchev–Trinajstić information content (AvgIpc) is 2.72. The zero-order valence-corrected chi connectivity index (χ0v) is 21.1. The zero-order valence-electron chi connectivity index (χ0n) is 18.0. The van der Waals surface area contributed by atoms with Gasteiger partial charge in [-0.1, -0.05) is 59.0 Å². The second-order valence-electron chi connectivity index (χ2n) is 8.87. The highest BCUT2D eigenvalue weighted by Crippen LogP contribution is 2.50. The Hall–Kier alpha value is -2.46. The molecule has 0 saturated heterocycles. The van der Waals surface area contributed by atoms with Crippen molar-refractivity contribution in [1.82, 2.24) is 0 Å². The highest BCUT2D eigenvalue weighted by atomic mass is 79.9. The smallest absolute Gasteiger partial charge is 0.205 e. The quantitative estimate of drug-likeness (QED) is 0.455. The van der Waals surface area contributed by atoms with Crippen molar-refractivity contribution in [1.29, 1.82) is 5.26 Å². The molecule has 8 heteroatoms. The Balaban J connectivity index is 1.82. The fourth-order valence-electron chi connectivity index (χ4n) is 4.29. The highest BCUT2D eigenvalue weighted by molar-refractivity contribution is 9.10. The second-order valence-corrected chi connectivity index (χ2v) is 10.6. The Kier molecular flexibility index (Phi) is 6.50. The van der Waals surface area contributed by atoms with E-state index in [1.165, 1.54) is 0 Å². The minimum atomic E-state index is -0.698. The van der Waals surface area contributed by atoms with Crippen LogP contribution in [0.5, 0.6) is 5.75 Å². The maximum absolute atomic E-state index is 13.3. The number of nitrogens with two attached hydrogens (primary N) is 1. The van der Waals surface area contributed by atoms with Crippen LogP contribution in [0.15, 0.2) is 63.7 Å². The molecule has 5 nitrogen and oxygen atoms in total. The molecule has 33 heavy (non-hydrogen) atoms. The molecule has 0 bridgehead atoms. The number of hydrogen-bond acceptors (Lipinski definition) is 5. The van der Waals surface area contributed by atoms with Crippen molar-refractivity contribution in [2.45, 2.75) is 39.2 Å². The van der Waals surface area contributed by atoms with Crippen LogP contribution < -0.4 is 10.5 Å². The van der Waals surface area contributed by atoms with Crippen LogP contribution in [0.4, 0.5) is 0 Å². The summed E-state index contributed by atoms with van der Waals surface area (Å²) in [5.41, 5.74) is 7.81. The molecule has 1 heterocycles. The van der Waals surface area contributed by atoms with Gasteiger partial charge >= 0.3 is 0 Å². The number of ketones is 1. The second kappa shape index (κ2) is 9.06. The van der Waals surface area contributed by atoms with Gasteiger partial charge in [0.15, 0.2) is 5.78 Å². The molecule has 0 aromatic heterocycles. The molecule has 0 spiro atoms. The summed E-state index contributed by atoms with van der Waals surface area (Å²) in [6, 6.07) is 12.8. The third kappa shape index (κ3) is 4.63. The number of halogens is 3. The molecule has 4 rings (SSSR count). The van der Waals surface area contributed by atoms with Crippen molar-refractivity contribution in [2.24, 2.45) is 11.1 Å². The summed E-state index contributed by atoms with van der Waals surface area (Å²) in [6.45, 7) is 4.13. The summed E-state index contributed by atoms with van der Waals surface area (Å²) in [6.07, 6.45) is 0.896. The van der Waals surface area contributed by atoms with E-state index in [0.717, 1.165) is 4.47 Å². The van der Waals surface area contributed by atoms with Gasteiger partial charge in [-0.05, 0) is 35.7 Å². The number of benzene rings is 2. The first-order chi connectivity index (χ1) is 15.6. The number of carbonyl (C=O) groups excluding carboxylic acids is 1. The van der Waals surface area contributed by atoms with Gasteiger partial charge < -0.3 is 15.2 Å². The average molecular weight is 548 g/mol. The first-order valence-corrected chi connectivity index (χ1v) is 11.8. The predicted molar refractivity (Wildman–Crippen MR) is 131 cm³/mol. The molecule has 1 atom stereocenters. The van der Waals surface area contributed by atoms with Gasteiger partial charge in [0, 0.05) is 44.1 Å². The van der Waals surface area contributed by atoms with Gasteiger partial charge in [-0.25, -0.2) is 0 Å². The molecule has 2 aromatic rings. The number of allylic oxidation sites excluding steroid dienone is 3. The summed E-state index contributed by atoms with van der Waals surface area (Å²) < 4.78 is 12.7. The Morgan fingerprint density at radius 3 is 2.61 bits per heavy atom. The molecule has 0 fully saturated rings. The van der Waals surface area contributed by atoms with Gasteiger partial charge in [-0.3, -0.25) is 4.79 Å². The van der Waals surface area contributed by atoms with Crippen LogP contribution in [0.1, 0.15) is 43.7 Å². The highest BCUT2D eigenvalue weighted by Gasteiger charge is 2.43. The van der Waals surface area contributed by atoms with Crippen LogP contribution in [0, 0.1) is 16.7 Å². The van der Waals surface area contributed by atoms with Crippen molar-refractivity contribution in [3.63, 3.8) is 0 Å². The van der Waals surface area contributed by atoms with E-state index in [-0.39, 0.29) is 29.3 Å². The molecule has 1 aliphatic carbocycles. The van der Waals surface area contributed by atoms with Crippen LogP contribution in [-0.2, 0) is 16.1 Å². The van der Waals surface area contributed by atoms with E-state index in [4.69, 9.17) is 38.4 Å². The van der Waals surface area contributed by atoms with Crippen LogP contribution in [-0.4, -0.2) is 5.78 Å². The van der Waals surface area contributed by atoms with Crippen molar-refractivity contribution in [3.05, 3.63) is 84.8 Å². The molecule has 1 unspecified atom stereocenters. The fourth-order valence-corrected chi connectivity index (χ4v) is 5.18. The van der Waals surface area contributed by atoms with E-state index in [0.29, 0.717) is 51.1 Å². The molecule has 0 radical (unpaired) electrons. The van der Waals surface area contributed by atoms with Crippen molar-refractivity contribution in [2.75, 3.05) is 0 Å². The standard InChI is InChI=1S/C25H21BrCl2N2O3/c1-25(2)9-19(31)23-21(10-25)33-24(30)15(11-29)22(23)14-8-13(26)6-7-20(14)32-12-16-17(27)4-3-5-18(16)28/h3-8,22H,9-10,12,30H2,1-2H3. The first-order valence-electron chi connectivity index (χ1n) is 10.3. The molecular weight excluding hydrogens is 527 g/mol. The maximum atomic E-state index is 13.3. The van der Waals surface area contributed by atoms with E-state index in [9.17, 15) is 10.1 Å². The molecule has 170 valence electrons. The molecule has 2 aliphatic rings. The number of carbonyl (C=O) groups is 1. The summed E-state index contributed by atoms with van der Waals surface area (Å²) >= 11 is 16.1. The number of nitrogens with zero attached hydrogens (tertiary/aromatic N) is 1. The minimum absolute atomic E-state index is 0.00632. The number of rotatable bonds is 4. The van der Waals surface area contributed by atoms with E-state index in [2.05, 4.69) is 22.0 Å². The lowest BCUT2D eigenvalue weighted by Crippen LogP contribution is -2.33. The van der Waals surface area contributed by atoms with E-state index >= 15 is 0 Å². The van der Waals surface area contributed by atoms with Crippen LogP contribution in [0.25, 0.3) is 0 Å². The molecule has 1 aliphatic heterocycles. The lowest BCUT2D eigenvalue weighted by molar-refractivity contribution is -0.119. The van der Waals surface area contributed by atoms with Crippen LogP contribution in [0.2, 0.25) is 10.0 Å². The maximum Gasteiger partial charge on any atom is 0.205 e. The Morgan fingerprint density at radius 2 is 1.94 bits per heavy atom. The number of hydrogen-bond donors (Lipinski definition) is 1. The first kappa shape index (κ1) is 23.7. The van der Waals surface area contributed by atoms with Gasteiger partial charge in [0.05, 0.1) is 5.92 Å². The Morgan fingerprint density at radius 1 is 1.24 bits per heavy atom. The summed E-state index contributed by atoms with van der Waals surface area (Å²) in [7, 11) is 0. The third-order valence-electron chi connectivity index (χ3n) is 5.79. The lowest BCUT2D eigenvalue weighted by atomic mass is 9.70. The molecular formula is C25H21BrCl2N2O3. The Labute approximate surface area is 210 Å². The van der Waals surface area contributed by atoms with E-state index in [1.807, 2.05) is 26.0 Å². The van der Waals surface area contributed by atoms with Crippen LogP contribution in [0.3, 0.4) is 0 Å². The van der Waals surface area contributed by atoms with Gasteiger partial charge in [0.25, 0.3) is 0 Å². The number of ether oxygens (including phenoxy) is 2. The lowest BCUT2D eigenvalue weighted by Gasteiger charge is -2.37. The van der Waals surface area contributed by atoms with Gasteiger partial charge in [0.1, 0.15) is 29.8 Å². The largest absolute Gasteiger partial charge is 0.488 e. The molecule has 0 saturated carbocycles. The predicted octanol–water partition coefficient (Wildman–Crippen LogP) is 6.79. The van der Waals surface area contributed by atoms with Gasteiger partial charge in [-0.2, -0.15) is 5.26 Å². The Bertz CT molecular complexity index is 1240. The summed E-state index contributed by atoms with van der Waals surface area (Å²) in [5, 5.41) is 10.9. The van der Waals surface area contributed by atoms with E-state index in [1.54, 1.807) is 24.3 Å². The monoisotopic (exact) mass is 546 g/mol. The summed E-state index contributed by atoms with van der Waals surface area (Å²) in [5.74, 6) is 0.249. The van der Waals surface area contributed by atoms with Crippen molar-refractivity contribution >= 4 is 44.9 Å². The van der Waals surface area contributed by atoms with Gasteiger partial charge in [0.2, 0.25) is 5.88 Å². The van der Waals surface area contributed by atoms with Crippen molar-refractivity contribution < 1.29 is 14.3 Å². The molecule has 2 aromatic carbocycles. The molecule has 0 amide bonds. The van der Waals surface area contributed by atoms with Crippen molar-refractivity contribution in [3.8, 4) is 11.8 Å². The fraction of sp³-hybridized carbons (Fsp3) is 0.280. The number of Topliss-reactive ketones (excluding diaryl/α,β-unsaturated/α-hetero) is 1. The van der Waals surface area contributed by atoms with E-state index < -0.39 is 5.92 Å². The summed E-state index contributed by atoms with van der Waals surface area (Å²) in [4.78, 5) is 13.3. The number of nitriles is 1. The molecule has 2 N–H and O–H groups in total. The normalized spacial score (nSPS) is 19.6. The van der Waals surface area contributed by atoms with Crippen LogP contribution >= 0.6 is 39.1 Å². The van der Waals surface area contributed by atoms with Gasteiger partial charge in [-0.15, -0.1) is 0 Å². The topological polar surface area (TPSA) is 85.3 Å².